The summed E-state index contributed by atoms with van der Waals surface area (Å²) in [7, 11) is 0. The van der Waals surface area contributed by atoms with Crippen molar-refractivity contribution in [2.24, 2.45) is 0 Å². The number of piperazine rings is 1. The largest absolute Gasteiger partial charge is 0.342 e. The Kier molecular flexibility index (Phi) is 7.60. The van der Waals surface area contributed by atoms with Crippen molar-refractivity contribution in [2.75, 3.05) is 44.7 Å². The summed E-state index contributed by atoms with van der Waals surface area (Å²) >= 11 is 1.80. The molecule has 1 aromatic heterocycles. The third-order valence-corrected chi connectivity index (χ3v) is 5.67. The zero-order valence-corrected chi connectivity index (χ0v) is 16.9. The van der Waals surface area contributed by atoms with Crippen molar-refractivity contribution in [1.29, 1.82) is 0 Å². The highest BCUT2D eigenvalue weighted by Gasteiger charge is 2.27. The molecule has 1 atom stereocenters. The molecule has 144 valence electrons. The molecule has 0 N–H and O–H groups in total. The van der Waals surface area contributed by atoms with E-state index in [1.54, 1.807) is 11.8 Å². The van der Waals surface area contributed by atoms with Gasteiger partial charge in [-0.2, -0.15) is 11.8 Å². The second-order valence-corrected chi connectivity index (χ2v) is 7.85. The minimum atomic E-state index is -0.0722. The van der Waals surface area contributed by atoms with Gasteiger partial charge in [-0.3, -0.25) is 9.69 Å². The second-order valence-electron chi connectivity index (χ2n) is 6.87. The molecule has 1 aliphatic rings. The topological polar surface area (TPSA) is 28.5 Å². The van der Waals surface area contributed by atoms with Crippen LogP contribution >= 0.6 is 11.8 Å². The smallest absolute Gasteiger partial charge is 0.245 e. The van der Waals surface area contributed by atoms with Crippen LogP contribution in [0.1, 0.15) is 18.0 Å². The molecule has 0 spiro atoms. The minimum Gasteiger partial charge on any atom is -0.342 e. The Balaban J connectivity index is 1.50. The Morgan fingerprint density at radius 2 is 1.78 bits per heavy atom. The summed E-state index contributed by atoms with van der Waals surface area (Å²) in [5.41, 5.74) is 1.23. The molecular formula is C22H29N3OS. The van der Waals surface area contributed by atoms with Gasteiger partial charge in [0.05, 0.1) is 0 Å². The quantitative estimate of drug-likeness (QED) is 0.697. The molecule has 0 aliphatic carbocycles. The molecule has 1 aliphatic heterocycles. The van der Waals surface area contributed by atoms with Crippen LogP contribution in [0.2, 0.25) is 0 Å². The normalized spacial score (nSPS) is 16.7. The average Bonchev–Trinajstić information content (AvgIpc) is 3.24. The van der Waals surface area contributed by atoms with Gasteiger partial charge in [0, 0.05) is 45.1 Å². The van der Waals surface area contributed by atoms with Crippen molar-refractivity contribution in [2.45, 2.75) is 12.5 Å². The van der Waals surface area contributed by atoms with Gasteiger partial charge in [0.1, 0.15) is 6.04 Å². The average molecular weight is 384 g/mol. The highest BCUT2D eigenvalue weighted by Crippen LogP contribution is 2.19. The molecule has 27 heavy (non-hydrogen) atoms. The first-order valence-electron chi connectivity index (χ1n) is 9.62. The number of rotatable bonds is 8. The number of carbonyl (C=O) groups is 1. The van der Waals surface area contributed by atoms with Crippen LogP contribution in [-0.2, 0) is 4.79 Å². The van der Waals surface area contributed by atoms with Crippen molar-refractivity contribution in [3.05, 3.63) is 66.5 Å². The van der Waals surface area contributed by atoms with E-state index in [1.807, 2.05) is 35.5 Å². The van der Waals surface area contributed by atoms with Crippen molar-refractivity contribution >= 4 is 23.7 Å². The second kappa shape index (κ2) is 10.4. The standard InChI is InChI=1S/C22H29N3OS/c1-27-19-11-21(24-13-5-6-14-24)22(26)25-17-15-23(16-18-25)12-7-10-20-8-3-2-4-9-20/h2-10,13-14,21H,11-12,15-19H2,1H3/b10-7+/t21-/m0/s1. The summed E-state index contributed by atoms with van der Waals surface area (Å²) in [6, 6.07) is 14.3. The molecular weight excluding hydrogens is 354 g/mol. The molecule has 2 heterocycles. The lowest BCUT2D eigenvalue weighted by Crippen LogP contribution is -2.50. The Labute approximate surface area is 166 Å². The maximum atomic E-state index is 13.1. The fourth-order valence-electron chi connectivity index (χ4n) is 3.45. The first-order valence-corrected chi connectivity index (χ1v) is 11.0. The van der Waals surface area contributed by atoms with Gasteiger partial charge in [0.15, 0.2) is 0 Å². The van der Waals surface area contributed by atoms with E-state index >= 15 is 0 Å². The molecule has 1 fully saturated rings. The predicted molar refractivity (Wildman–Crippen MR) is 115 cm³/mol. The third kappa shape index (κ3) is 5.75. The van der Waals surface area contributed by atoms with Crippen molar-refractivity contribution in [3.8, 4) is 0 Å². The molecule has 4 nitrogen and oxygen atoms in total. The number of hydrogen-bond donors (Lipinski definition) is 0. The first-order chi connectivity index (χ1) is 13.3. The van der Waals surface area contributed by atoms with Crippen LogP contribution in [0.15, 0.2) is 60.9 Å². The number of nitrogens with zero attached hydrogens (tertiary/aromatic N) is 3. The first kappa shape index (κ1) is 19.8. The van der Waals surface area contributed by atoms with Gasteiger partial charge < -0.3 is 9.47 Å². The van der Waals surface area contributed by atoms with E-state index in [-0.39, 0.29) is 11.9 Å². The zero-order chi connectivity index (χ0) is 18.9. The maximum absolute atomic E-state index is 13.1. The summed E-state index contributed by atoms with van der Waals surface area (Å²) in [4.78, 5) is 17.5. The molecule has 1 saturated heterocycles. The predicted octanol–water partition coefficient (Wildman–Crippen LogP) is 3.64. The van der Waals surface area contributed by atoms with Gasteiger partial charge in [0.25, 0.3) is 0 Å². The molecule has 0 unspecified atom stereocenters. The molecule has 0 radical (unpaired) electrons. The van der Waals surface area contributed by atoms with Gasteiger partial charge in [-0.05, 0) is 36.1 Å². The van der Waals surface area contributed by atoms with Gasteiger partial charge in [-0.1, -0.05) is 42.5 Å². The van der Waals surface area contributed by atoms with Crippen LogP contribution in [0.5, 0.6) is 0 Å². The summed E-state index contributed by atoms with van der Waals surface area (Å²) in [6.07, 6.45) is 11.4. The van der Waals surface area contributed by atoms with Crippen LogP contribution in [0.3, 0.4) is 0 Å². The molecule has 5 heteroatoms. The number of aromatic nitrogens is 1. The number of carbonyl (C=O) groups excluding carboxylic acids is 1. The van der Waals surface area contributed by atoms with Gasteiger partial charge in [0.2, 0.25) is 5.91 Å². The van der Waals surface area contributed by atoms with E-state index in [2.05, 4.69) is 52.1 Å². The highest BCUT2D eigenvalue weighted by atomic mass is 32.2. The van der Waals surface area contributed by atoms with Crippen LogP contribution in [0.4, 0.5) is 0 Å². The number of hydrogen-bond acceptors (Lipinski definition) is 3. The van der Waals surface area contributed by atoms with Crippen molar-refractivity contribution < 1.29 is 4.79 Å². The fraction of sp³-hybridized carbons (Fsp3) is 0.409. The zero-order valence-electron chi connectivity index (χ0n) is 16.0. The minimum absolute atomic E-state index is 0.0722. The fourth-order valence-corrected chi connectivity index (χ4v) is 3.91. The van der Waals surface area contributed by atoms with Crippen LogP contribution in [0.25, 0.3) is 6.08 Å². The van der Waals surface area contributed by atoms with E-state index < -0.39 is 0 Å². The summed E-state index contributed by atoms with van der Waals surface area (Å²) in [5.74, 6) is 1.26. The van der Waals surface area contributed by atoms with Crippen molar-refractivity contribution in [3.63, 3.8) is 0 Å². The highest BCUT2D eigenvalue weighted by molar-refractivity contribution is 7.98. The molecule has 1 amide bonds. The maximum Gasteiger partial charge on any atom is 0.245 e. The number of thioether (sulfide) groups is 1. The Morgan fingerprint density at radius 1 is 1.07 bits per heavy atom. The van der Waals surface area contributed by atoms with E-state index in [0.29, 0.717) is 0 Å². The van der Waals surface area contributed by atoms with Crippen LogP contribution in [0, 0.1) is 0 Å². The van der Waals surface area contributed by atoms with Gasteiger partial charge >= 0.3 is 0 Å². The lowest BCUT2D eigenvalue weighted by Gasteiger charge is -2.36. The lowest BCUT2D eigenvalue weighted by atomic mass is 10.1. The summed E-state index contributed by atoms with van der Waals surface area (Å²) in [5, 5.41) is 0. The Morgan fingerprint density at radius 3 is 2.44 bits per heavy atom. The monoisotopic (exact) mass is 383 g/mol. The Hall–Kier alpha value is -1.98. The van der Waals surface area contributed by atoms with Gasteiger partial charge in [-0.15, -0.1) is 0 Å². The van der Waals surface area contributed by atoms with E-state index in [4.69, 9.17) is 0 Å². The van der Waals surface area contributed by atoms with Crippen molar-refractivity contribution in [1.82, 2.24) is 14.4 Å². The SMILES string of the molecule is CSCC[C@@H](C(=O)N1CCN(C/C=C/c2ccccc2)CC1)n1cccc1. The summed E-state index contributed by atoms with van der Waals surface area (Å²) < 4.78 is 2.06. The van der Waals surface area contributed by atoms with Crippen LogP contribution in [-0.4, -0.2) is 65.0 Å². The molecule has 3 rings (SSSR count). The van der Waals surface area contributed by atoms with E-state index in [0.717, 1.165) is 44.9 Å². The van der Waals surface area contributed by atoms with Gasteiger partial charge in [-0.25, -0.2) is 0 Å². The van der Waals surface area contributed by atoms with E-state index in [1.165, 1.54) is 5.56 Å². The van der Waals surface area contributed by atoms with E-state index in [9.17, 15) is 4.79 Å². The molecule has 1 aromatic carbocycles. The lowest BCUT2D eigenvalue weighted by molar-refractivity contribution is -0.136. The summed E-state index contributed by atoms with van der Waals surface area (Å²) in [6.45, 7) is 4.44. The third-order valence-electron chi connectivity index (χ3n) is 5.03. The molecule has 2 aromatic rings. The Bertz CT molecular complexity index is 706. The van der Waals surface area contributed by atoms with Crippen LogP contribution < -0.4 is 0 Å². The number of benzene rings is 1. The molecule has 0 saturated carbocycles. The number of amides is 1. The molecule has 0 bridgehead atoms.